The Kier molecular flexibility index (Phi) is 6.34. The third-order valence-corrected chi connectivity index (χ3v) is 4.85. The summed E-state index contributed by atoms with van der Waals surface area (Å²) in [5.74, 6) is 0.699. The van der Waals surface area contributed by atoms with Gasteiger partial charge in [-0.3, -0.25) is 5.43 Å². The summed E-state index contributed by atoms with van der Waals surface area (Å²) >= 11 is 7.90. The predicted molar refractivity (Wildman–Crippen MR) is 102 cm³/mol. The van der Waals surface area contributed by atoms with Crippen molar-refractivity contribution in [2.45, 2.75) is 4.90 Å². The molecule has 7 nitrogen and oxygen atoms in total. The highest BCUT2D eigenvalue weighted by molar-refractivity contribution is 9.10. The van der Waals surface area contributed by atoms with E-state index in [-0.39, 0.29) is 15.8 Å². The van der Waals surface area contributed by atoms with E-state index in [0.717, 1.165) is 0 Å². The van der Waals surface area contributed by atoms with Gasteiger partial charge in [-0.15, -0.1) is 0 Å². The van der Waals surface area contributed by atoms with Crippen LogP contribution in [-0.4, -0.2) is 26.9 Å². The van der Waals surface area contributed by atoms with Gasteiger partial charge in [0.1, 0.15) is 10.6 Å². The van der Waals surface area contributed by atoms with Crippen LogP contribution in [0.15, 0.2) is 56.9 Å². The zero-order valence-corrected chi connectivity index (χ0v) is 16.2. The van der Waals surface area contributed by atoms with Gasteiger partial charge in [0.15, 0.2) is 10.9 Å². The first-order valence-corrected chi connectivity index (χ1v) is 9.39. The van der Waals surface area contributed by atoms with Crippen molar-refractivity contribution < 1.29 is 17.3 Å². The van der Waals surface area contributed by atoms with Crippen LogP contribution in [0.1, 0.15) is 5.56 Å². The molecular formula is C15H14BrN3O4S2. The monoisotopic (exact) mass is 443 g/mol. The first-order valence-electron chi connectivity index (χ1n) is 6.78. The van der Waals surface area contributed by atoms with E-state index in [9.17, 15) is 8.42 Å². The second-order valence-corrected chi connectivity index (χ2v) is 7.48. The van der Waals surface area contributed by atoms with Crippen LogP contribution >= 0.6 is 28.1 Å². The highest BCUT2D eigenvalue weighted by Gasteiger charge is 2.18. The minimum Gasteiger partial charge on any atom is -0.497 e. The maximum atomic E-state index is 12.3. The molecule has 0 saturated heterocycles. The fourth-order valence-corrected chi connectivity index (χ4v) is 3.33. The maximum Gasteiger partial charge on any atom is 0.339 e. The fraction of sp³-hybridized carbons (Fsp3) is 0.0667. The third kappa shape index (κ3) is 5.41. The molecule has 0 atom stereocenters. The largest absolute Gasteiger partial charge is 0.497 e. The average molecular weight is 444 g/mol. The van der Waals surface area contributed by atoms with Gasteiger partial charge in [-0.25, -0.2) is 0 Å². The van der Waals surface area contributed by atoms with Crippen molar-refractivity contribution in [2.75, 3.05) is 7.11 Å². The van der Waals surface area contributed by atoms with E-state index < -0.39 is 10.1 Å². The van der Waals surface area contributed by atoms with Crippen molar-refractivity contribution in [1.82, 2.24) is 5.43 Å². The van der Waals surface area contributed by atoms with Gasteiger partial charge in [0.2, 0.25) is 0 Å². The molecule has 10 heteroatoms. The number of benzene rings is 2. The number of nitrogens with zero attached hydrogens (tertiary/aromatic N) is 1. The lowest BCUT2D eigenvalue weighted by Crippen LogP contribution is -2.23. The summed E-state index contributed by atoms with van der Waals surface area (Å²) in [4.78, 5) is 0.0199. The van der Waals surface area contributed by atoms with Crippen LogP contribution in [0.3, 0.4) is 0 Å². The molecule has 0 radical (unpaired) electrons. The van der Waals surface area contributed by atoms with E-state index in [1.54, 1.807) is 24.3 Å². The standard InChI is InChI=1S/C15H14BrN3O4S2/c1-22-11-3-5-12(6-4-11)25(20,21)23-14-7-2-10(8-13(14)16)9-18-19-15(17)24/h2-9H,1H3,(H3,17,19,24). The number of methoxy groups -OCH3 is 1. The minimum atomic E-state index is -3.97. The predicted octanol–water partition coefficient (Wildman–Crippen LogP) is 2.39. The lowest BCUT2D eigenvalue weighted by atomic mass is 10.2. The molecule has 0 unspecified atom stereocenters. The normalized spacial score (nSPS) is 11.3. The third-order valence-electron chi connectivity index (χ3n) is 2.89. The molecule has 0 fully saturated rings. The topological polar surface area (TPSA) is 103 Å². The number of hydrogen-bond acceptors (Lipinski definition) is 6. The Morgan fingerprint density at radius 1 is 1.28 bits per heavy atom. The molecule has 0 aliphatic rings. The first-order chi connectivity index (χ1) is 11.8. The van der Waals surface area contributed by atoms with Gasteiger partial charge in [0.05, 0.1) is 17.8 Å². The van der Waals surface area contributed by atoms with E-state index in [1.807, 2.05) is 0 Å². The molecule has 0 amide bonds. The van der Waals surface area contributed by atoms with E-state index in [0.29, 0.717) is 15.8 Å². The summed E-state index contributed by atoms with van der Waals surface area (Å²) in [5.41, 5.74) is 8.36. The number of rotatable bonds is 6. The lowest BCUT2D eigenvalue weighted by Gasteiger charge is -2.09. The zero-order valence-electron chi connectivity index (χ0n) is 13.0. The molecule has 0 aliphatic carbocycles. The molecule has 0 bridgehead atoms. The fourth-order valence-electron chi connectivity index (χ4n) is 1.74. The Labute approximate surface area is 159 Å². The van der Waals surface area contributed by atoms with Crippen molar-refractivity contribution in [2.24, 2.45) is 10.8 Å². The zero-order chi connectivity index (χ0) is 18.4. The molecule has 0 aromatic heterocycles. The molecule has 2 rings (SSSR count). The highest BCUT2D eigenvalue weighted by atomic mass is 79.9. The molecule has 0 heterocycles. The molecule has 3 N–H and O–H groups in total. The first kappa shape index (κ1) is 19.2. The van der Waals surface area contributed by atoms with Gasteiger partial charge >= 0.3 is 10.1 Å². The minimum absolute atomic E-state index is 0.0199. The van der Waals surface area contributed by atoms with Crippen molar-refractivity contribution in [3.8, 4) is 11.5 Å². The van der Waals surface area contributed by atoms with Crippen molar-refractivity contribution in [3.63, 3.8) is 0 Å². The van der Waals surface area contributed by atoms with Crippen molar-refractivity contribution in [1.29, 1.82) is 0 Å². The number of nitrogens with two attached hydrogens (primary N) is 1. The number of halogens is 1. The second kappa shape index (κ2) is 8.28. The van der Waals surface area contributed by atoms with Gasteiger partial charge in [0, 0.05) is 0 Å². The maximum absolute atomic E-state index is 12.3. The number of hydrazone groups is 1. The Morgan fingerprint density at radius 3 is 2.52 bits per heavy atom. The number of hydrogen-bond donors (Lipinski definition) is 2. The Balaban J connectivity index is 2.18. The summed E-state index contributed by atoms with van der Waals surface area (Å²) in [6.45, 7) is 0. The molecular weight excluding hydrogens is 430 g/mol. The van der Waals surface area contributed by atoms with Crippen LogP contribution < -0.4 is 20.1 Å². The quantitative estimate of drug-likeness (QED) is 0.305. The van der Waals surface area contributed by atoms with Crippen LogP contribution in [0, 0.1) is 0 Å². The van der Waals surface area contributed by atoms with Crippen LogP contribution in [-0.2, 0) is 10.1 Å². The molecule has 132 valence electrons. The number of nitrogens with one attached hydrogen (secondary N) is 1. The van der Waals surface area contributed by atoms with E-state index in [4.69, 9.17) is 14.7 Å². The van der Waals surface area contributed by atoms with Gasteiger partial charge in [0.25, 0.3) is 0 Å². The molecule has 2 aromatic carbocycles. The van der Waals surface area contributed by atoms with Crippen LogP contribution in [0.5, 0.6) is 11.5 Å². The Morgan fingerprint density at radius 2 is 1.96 bits per heavy atom. The van der Waals surface area contributed by atoms with E-state index in [2.05, 4.69) is 38.7 Å². The smallest absolute Gasteiger partial charge is 0.339 e. The summed E-state index contributed by atoms with van der Waals surface area (Å²) < 4.78 is 35.3. The molecule has 25 heavy (non-hydrogen) atoms. The molecule has 0 saturated carbocycles. The van der Waals surface area contributed by atoms with Crippen molar-refractivity contribution >= 4 is 49.6 Å². The van der Waals surface area contributed by atoms with Crippen LogP contribution in [0.2, 0.25) is 0 Å². The van der Waals surface area contributed by atoms with Crippen LogP contribution in [0.4, 0.5) is 0 Å². The summed E-state index contributed by atoms with van der Waals surface area (Å²) in [6.07, 6.45) is 1.48. The highest BCUT2D eigenvalue weighted by Crippen LogP contribution is 2.29. The van der Waals surface area contributed by atoms with Gasteiger partial charge < -0.3 is 14.7 Å². The Hall–Kier alpha value is -2.17. The van der Waals surface area contributed by atoms with Crippen LogP contribution in [0.25, 0.3) is 0 Å². The van der Waals surface area contributed by atoms with E-state index >= 15 is 0 Å². The average Bonchev–Trinajstić information content (AvgIpc) is 2.57. The van der Waals surface area contributed by atoms with Gasteiger partial charge in [-0.05, 0) is 76.2 Å². The summed E-state index contributed by atoms with van der Waals surface area (Å²) in [7, 11) is -2.47. The molecule has 0 aliphatic heterocycles. The molecule has 2 aromatic rings. The lowest BCUT2D eigenvalue weighted by molar-refractivity contribution is 0.414. The van der Waals surface area contributed by atoms with Gasteiger partial charge in [-0.2, -0.15) is 13.5 Å². The molecule has 0 spiro atoms. The summed E-state index contributed by atoms with van der Waals surface area (Å²) in [6, 6.07) is 10.7. The number of thiocarbonyl (C=S) groups is 1. The Bertz CT molecular complexity index is 899. The second-order valence-electron chi connectivity index (χ2n) is 4.64. The van der Waals surface area contributed by atoms with Crippen molar-refractivity contribution in [3.05, 3.63) is 52.5 Å². The van der Waals surface area contributed by atoms with E-state index in [1.165, 1.54) is 31.5 Å². The SMILES string of the molecule is COc1ccc(S(=O)(=O)Oc2ccc(C=NNC(N)=S)cc2Br)cc1. The summed E-state index contributed by atoms with van der Waals surface area (Å²) in [5, 5.41) is 3.86. The van der Waals surface area contributed by atoms with Gasteiger partial charge in [-0.1, -0.05) is 0 Å². The number of ether oxygens (including phenoxy) is 1.